The van der Waals surface area contributed by atoms with Gasteiger partial charge >= 0.3 is 0 Å². The van der Waals surface area contributed by atoms with Crippen molar-refractivity contribution in [3.8, 4) is 5.75 Å². The van der Waals surface area contributed by atoms with Crippen LogP contribution < -0.4 is 20.7 Å². The zero-order valence-electron chi connectivity index (χ0n) is 17.2. The van der Waals surface area contributed by atoms with Crippen LogP contribution in [0.2, 0.25) is 10.0 Å². The molecule has 2 amide bonds. The van der Waals surface area contributed by atoms with E-state index >= 15 is 0 Å². The van der Waals surface area contributed by atoms with Crippen molar-refractivity contribution < 1.29 is 14.3 Å². The lowest BCUT2D eigenvalue weighted by Crippen LogP contribution is -2.34. The molecular formula is C22H25Cl2N3O3S. The van der Waals surface area contributed by atoms with Gasteiger partial charge in [0.25, 0.3) is 5.91 Å². The average Bonchev–Trinajstić information content (AvgIpc) is 2.72. The molecule has 31 heavy (non-hydrogen) atoms. The molecule has 6 nitrogen and oxygen atoms in total. The second-order valence-electron chi connectivity index (χ2n) is 6.72. The summed E-state index contributed by atoms with van der Waals surface area (Å²) in [5, 5.41) is 9.51. The Labute approximate surface area is 197 Å². The first-order valence-corrected chi connectivity index (χ1v) is 11.1. The van der Waals surface area contributed by atoms with Gasteiger partial charge < -0.3 is 20.7 Å². The fraction of sp³-hybridized carbons (Fsp3) is 0.318. The molecule has 9 heteroatoms. The molecule has 0 fully saturated rings. The Balaban J connectivity index is 1.73. The highest BCUT2D eigenvalue weighted by Gasteiger charge is 2.09. The Bertz CT molecular complexity index is 925. The van der Waals surface area contributed by atoms with Gasteiger partial charge in [0.15, 0.2) is 5.11 Å². The Morgan fingerprint density at radius 1 is 1.10 bits per heavy atom. The summed E-state index contributed by atoms with van der Waals surface area (Å²) >= 11 is 17.1. The molecule has 0 aromatic heterocycles. The minimum Gasteiger partial charge on any atom is -0.492 e. The van der Waals surface area contributed by atoms with E-state index in [1.807, 2.05) is 0 Å². The van der Waals surface area contributed by atoms with Crippen molar-refractivity contribution in [1.29, 1.82) is 0 Å². The predicted molar refractivity (Wildman–Crippen MR) is 129 cm³/mol. The maximum Gasteiger partial charge on any atom is 0.251 e. The molecule has 0 saturated heterocycles. The van der Waals surface area contributed by atoms with Crippen molar-refractivity contribution in [2.24, 2.45) is 0 Å². The molecule has 0 heterocycles. The summed E-state index contributed by atoms with van der Waals surface area (Å²) in [7, 11) is 0. The van der Waals surface area contributed by atoms with Crippen LogP contribution >= 0.6 is 35.4 Å². The maximum atomic E-state index is 12.2. The van der Waals surface area contributed by atoms with Gasteiger partial charge in [-0.05, 0) is 61.5 Å². The van der Waals surface area contributed by atoms with Crippen LogP contribution in [0.15, 0.2) is 42.5 Å². The van der Waals surface area contributed by atoms with Crippen molar-refractivity contribution in [2.45, 2.75) is 32.6 Å². The lowest BCUT2D eigenvalue weighted by Gasteiger charge is -2.11. The number of rotatable bonds is 10. The third-order valence-corrected chi connectivity index (χ3v) is 4.89. The molecule has 2 rings (SSSR count). The number of thiocarbonyl (C=S) groups is 1. The van der Waals surface area contributed by atoms with E-state index in [1.165, 1.54) is 0 Å². The number of anilines is 1. The summed E-state index contributed by atoms with van der Waals surface area (Å²) in [6.45, 7) is 3.02. The minimum atomic E-state index is -0.239. The van der Waals surface area contributed by atoms with Crippen LogP contribution in [-0.2, 0) is 4.79 Å². The van der Waals surface area contributed by atoms with Crippen LogP contribution in [0.5, 0.6) is 5.75 Å². The van der Waals surface area contributed by atoms with Crippen LogP contribution in [0.3, 0.4) is 0 Å². The van der Waals surface area contributed by atoms with Gasteiger partial charge in [0.1, 0.15) is 5.75 Å². The Hall–Kier alpha value is -2.35. The van der Waals surface area contributed by atoms with Gasteiger partial charge in [0.2, 0.25) is 5.91 Å². The first kappa shape index (κ1) is 24.9. The zero-order valence-corrected chi connectivity index (χ0v) is 19.5. The number of halogens is 2. The second-order valence-corrected chi connectivity index (χ2v) is 7.97. The monoisotopic (exact) mass is 481 g/mol. The Morgan fingerprint density at radius 3 is 2.65 bits per heavy atom. The molecule has 0 aliphatic carbocycles. The van der Waals surface area contributed by atoms with Gasteiger partial charge in [-0.1, -0.05) is 42.6 Å². The molecule has 166 valence electrons. The van der Waals surface area contributed by atoms with Crippen LogP contribution in [0.1, 0.15) is 43.0 Å². The maximum absolute atomic E-state index is 12.2. The highest BCUT2D eigenvalue weighted by molar-refractivity contribution is 7.80. The highest BCUT2D eigenvalue weighted by Crippen LogP contribution is 2.27. The Kier molecular flexibility index (Phi) is 10.6. The molecule has 0 aliphatic rings. The van der Waals surface area contributed by atoms with Gasteiger partial charge in [-0.2, -0.15) is 0 Å². The molecule has 2 aromatic carbocycles. The quantitative estimate of drug-likeness (QED) is 0.321. The van der Waals surface area contributed by atoms with Crippen molar-refractivity contribution in [3.05, 3.63) is 58.1 Å². The van der Waals surface area contributed by atoms with Crippen molar-refractivity contribution in [2.75, 3.05) is 18.5 Å². The second kappa shape index (κ2) is 13.1. The SMILES string of the molecule is CCCCNC(=O)c1cccc(NC(=S)NC(=O)CCCOc2ccc(Cl)cc2Cl)c1. The summed E-state index contributed by atoms with van der Waals surface area (Å²) in [4.78, 5) is 24.2. The number of hydrogen-bond acceptors (Lipinski definition) is 4. The Morgan fingerprint density at radius 2 is 1.90 bits per heavy atom. The molecule has 0 aliphatic heterocycles. The van der Waals surface area contributed by atoms with Gasteiger partial charge in [-0.3, -0.25) is 9.59 Å². The smallest absolute Gasteiger partial charge is 0.251 e. The molecule has 0 unspecified atom stereocenters. The topological polar surface area (TPSA) is 79.5 Å². The fourth-order valence-corrected chi connectivity index (χ4v) is 3.27. The van der Waals surface area contributed by atoms with Crippen molar-refractivity contribution >= 4 is 58.0 Å². The molecular weight excluding hydrogens is 457 g/mol. The number of amides is 2. The van der Waals surface area contributed by atoms with E-state index < -0.39 is 0 Å². The molecule has 0 spiro atoms. The van der Waals surface area contributed by atoms with E-state index in [-0.39, 0.29) is 23.3 Å². The van der Waals surface area contributed by atoms with Crippen LogP contribution in [-0.4, -0.2) is 30.1 Å². The third-order valence-electron chi connectivity index (χ3n) is 4.15. The minimum absolute atomic E-state index is 0.146. The number of carbonyl (C=O) groups excluding carboxylic acids is 2. The van der Waals surface area contributed by atoms with Gasteiger partial charge in [-0.25, -0.2) is 0 Å². The lowest BCUT2D eigenvalue weighted by atomic mass is 10.2. The van der Waals surface area contributed by atoms with Gasteiger partial charge in [0.05, 0.1) is 11.6 Å². The van der Waals surface area contributed by atoms with E-state index in [0.717, 1.165) is 12.8 Å². The highest BCUT2D eigenvalue weighted by atomic mass is 35.5. The van der Waals surface area contributed by atoms with E-state index in [1.54, 1.807) is 42.5 Å². The summed E-state index contributed by atoms with van der Waals surface area (Å²) in [5.74, 6) is 0.131. The normalized spacial score (nSPS) is 10.3. The van der Waals surface area contributed by atoms with Crippen molar-refractivity contribution in [1.82, 2.24) is 10.6 Å². The van der Waals surface area contributed by atoms with E-state index in [9.17, 15) is 9.59 Å². The van der Waals surface area contributed by atoms with Gasteiger partial charge in [0, 0.05) is 29.2 Å². The molecule has 0 atom stereocenters. The van der Waals surface area contributed by atoms with Crippen molar-refractivity contribution in [3.63, 3.8) is 0 Å². The van der Waals surface area contributed by atoms with Crippen LogP contribution in [0.25, 0.3) is 0 Å². The van der Waals surface area contributed by atoms with E-state index in [2.05, 4.69) is 22.9 Å². The van der Waals surface area contributed by atoms with Gasteiger partial charge in [-0.15, -0.1) is 0 Å². The summed E-state index contributed by atoms with van der Waals surface area (Å²) in [6.07, 6.45) is 2.65. The largest absolute Gasteiger partial charge is 0.492 e. The summed E-state index contributed by atoms with van der Waals surface area (Å²) in [5.41, 5.74) is 1.14. The molecule has 3 N–H and O–H groups in total. The zero-order chi connectivity index (χ0) is 22.6. The molecule has 0 saturated carbocycles. The standard InChI is InChI=1S/C22H25Cl2N3O3S/c1-2-3-11-25-21(29)15-6-4-7-17(13-15)26-22(31)27-20(28)8-5-12-30-19-10-9-16(23)14-18(19)24/h4,6-7,9-10,13-14H,2-3,5,8,11-12H2,1H3,(H,25,29)(H2,26,27,28,31). The molecule has 0 bridgehead atoms. The number of ether oxygens (including phenoxy) is 1. The predicted octanol–water partition coefficient (Wildman–Crippen LogP) is 5.20. The summed E-state index contributed by atoms with van der Waals surface area (Å²) in [6, 6.07) is 11.9. The van der Waals surface area contributed by atoms with Crippen LogP contribution in [0.4, 0.5) is 5.69 Å². The summed E-state index contributed by atoms with van der Waals surface area (Å²) < 4.78 is 5.56. The van der Waals surface area contributed by atoms with E-state index in [0.29, 0.717) is 46.6 Å². The fourth-order valence-electron chi connectivity index (χ4n) is 2.58. The number of unbranched alkanes of at least 4 members (excludes halogenated alkanes) is 1. The number of nitrogens with one attached hydrogen (secondary N) is 3. The first-order valence-electron chi connectivity index (χ1n) is 9.96. The molecule has 0 radical (unpaired) electrons. The molecule has 2 aromatic rings. The lowest BCUT2D eigenvalue weighted by molar-refractivity contribution is -0.119. The number of carbonyl (C=O) groups is 2. The third kappa shape index (κ3) is 9.12. The first-order chi connectivity index (χ1) is 14.9. The van der Waals surface area contributed by atoms with E-state index in [4.69, 9.17) is 40.2 Å². The van der Waals surface area contributed by atoms with Crippen LogP contribution in [0, 0.1) is 0 Å². The average molecular weight is 482 g/mol. The number of hydrogen-bond donors (Lipinski definition) is 3. The number of benzene rings is 2.